The summed E-state index contributed by atoms with van der Waals surface area (Å²) < 4.78 is 18.8. The molecule has 0 bridgehead atoms. The number of fused-ring (bicyclic) bond motifs is 1. The fourth-order valence-electron chi connectivity index (χ4n) is 1.87. The van der Waals surface area contributed by atoms with E-state index in [1.165, 1.54) is 6.07 Å². The molecule has 1 heterocycles. The van der Waals surface area contributed by atoms with Crippen molar-refractivity contribution in [2.24, 2.45) is 0 Å². The average molecular weight is 272 g/mol. The number of carbonyl (C=O) groups excluding carboxylic acids is 2. The Balaban J connectivity index is 2.39. The summed E-state index contributed by atoms with van der Waals surface area (Å²) in [5.74, 6) is -2.17. The van der Waals surface area contributed by atoms with Crippen LogP contribution in [0.25, 0.3) is 0 Å². The fraction of sp³-hybridized carbons (Fsp3) is 0.333. The van der Waals surface area contributed by atoms with E-state index in [9.17, 15) is 14.0 Å². The number of ketones is 1. The van der Waals surface area contributed by atoms with Crippen molar-refractivity contribution >= 4 is 29.0 Å². The quantitative estimate of drug-likeness (QED) is 0.622. The molecule has 96 valence electrons. The zero-order valence-electron chi connectivity index (χ0n) is 9.70. The number of nitrogens with zero attached hydrogens (tertiary/aromatic N) is 1. The van der Waals surface area contributed by atoms with E-state index >= 15 is 0 Å². The van der Waals surface area contributed by atoms with Gasteiger partial charge in [0.2, 0.25) is 0 Å². The minimum atomic E-state index is -0.772. The molecule has 0 aliphatic carbocycles. The van der Waals surface area contributed by atoms with E-state index in [0.29, 0.717) is 6.61 Å². The summed E-state index contributed by atoms with van der Waals surface area (Å²) in [5, 5.41) is 0.0867. The predicted octanol–water partition coefficient (Wildman–Crippen LogP) is 2.04. The van der Waals surface area contributed by atoms with Crippen LogP contribution in [-0.4, -0.2) is 31.4 Å². The second-order valence-corrected chi connectivity index (χ2v) is 4.14. The highest BCUT2D eigenvalue weighted by molar-refractivity contribution is 6.55. The lowest BCUT2D eigenvalue weighted by Crippen LogP contribution is -2.33. The third-order valence-electron chi connectivity index (χ3n) is 2.68. The molecule has 0 saturated heterocycles. The first-order valence-electron chi connectivity index (χ1n) is 5.49. The molecule has 0 unspecified atom stereocenters. The predicted molar refractivity (Wildman–Crippen MR) is 64.6 cm³/mol. The Bertz CT molecular complexity index is 518. The molecule has 0 saturated carbocycles. The van der Waals surface area contributed by atoms with Gasteiger partial charge in [0.15, 0.2) is 0 Å². The molecule has 6 heteroatoms. The van der Waals surface area contributed by atoms with E-state index in [-0.39, 0.29) is 29.4 Å². The zero-order valence-corrected chi connectivity index (χ0v) is 10.5. The first-order chi connectivity index (χ1) is 8.57. The molecule has 0 fully saturated rings. The molecule has 4 nitrogen and oxygen atoms in total. The number of halogens is 2. The van der Waals surface area contributed by atoms with E-state index in [1.807, 2.05) is 6.92 Å². The minimum absolute atomic E-state index is 0.0443. The minimum Gasteiger partial charge on any atom is -0.380 e. The first-order valence-corrected chi connectivity index (χ1v) is 5.87. The molecule has 1 aliphatic heterocycles. The number of amides is 1. The Labute approximate surface area is 108 Å². The Morgan fingerprint density at radius 2 is 2.11 bits per heavy atom. The molecule has 0 spiro atoms. The number of rotatable bonds is 4. The summed E-state index contributed by atoms with van der Waals surface area (Å²) in [6, 6.07) is 2.41. The SMILES string of the molecule is CCOCCN1C(=O)C(=O)c2c(Cl)ccc(F)c21. The van der Waals surface area contributed by atoms with Crippen molar-refractivity contribution in [2.45, 2.75) is 6.92 Å². The van der Waals surface area contributed by atoms with Crippen LogP contribution < -0.4 is 4.90 Å². The Morgan fingerprint density at radius 3 is 2.78 bits per heavy atom. The molecule has 18 heavy (non-hydrogen) atoms. The Hall–Kier alpha value is -1.46. The third-order valence-corrected chi connectivity index (χ3v) is 2.99. The van der Waals surface area contributed by atoms with Gasteiger partial charge in [-0.3, -0.25) is 14.5 Å². The van der Waals surface area contributed by atoms with E-state index in [4.69, 9.17) is 16.3 Å². The van der Waals surface area contributed by atoms with Gasteiger partial charge in [0, 0.05) is 13.2 Å². The number of Topliss-reactive ketones (excluding diaryl/α,β-unsaturated/α-hetero) is 1. The van der Waals surface area contributed by atoms with Crippen LogP contribution in [0.4, 0.5) is 10.1 Å². The monoisotopic (exact) mass is 271 g/mol. The van der Waals surface area contributed by atoms with Crippen LogP contribution in [0.15, 0.2) is 12.1 Å². The Kier molecular flexibility index (Phi) is 3.63. The van der Waals surface area contributed by atoms with Crippen molar-refractivity contribution in [3.63, 3.8) is 0 Å². The van der Waals surface area contributed by atoms with Crippen LogP contribution in [0, 0.1) is 5.82 Å². The summed E-state index contributed by atoms with van der Waals surface area (Å²) in [4.78, 5) is 24.6. The number of benzene rings is 1. The van der Waals surface area contributed by atoms with Crippen molar-refractivity contribution < 1.29 is 18.7 Å². The lowest BCUT2D eigenvalue weighted by molar-refractivity contribution is -0.114. The van der Waals surface area contributed by atoms with Crippen molar-refractivity contribution in [3.05, 3.63) is 28.5 Å². The summed E-state index contributed by atoms with van der Waals surface area (Å²) in [6.07, 6.45) is 0. The molecule has 1 aromatic rings. The fourth-order valence-corrected chi connectivity index (χ4v) is 2.10. The molecule has 0 N–H and O–H groups in total. The Morgan fingerprint density at radius 1 is 1.39 bits per heavy atom. The molecular weight excluding hydrogens is 261 g/mol. The van der Waals surface area contributed by atoms with Gasteiger partial charge in [-0.05, 0) is 19.1 Å². The van der Waals surface area contributed by atoms with E-state index in [1.54, 1.807) is 0 Å². The van der Waals surface area contributed by atoms with Gasteiger partial charge in [-0.15, -0.1) is 0 Å². The maximum atomic E-state index is 13.7. The van der Waals surface area contributed by atoms with Gasteiger partial charge in [0.25, 0.3) is 11.7 Å². The van der Waals surface area contributed by atoms with Gasteiger partial charge in [0.1, 0.15) is 5.82 Å². The molecule has 0 atom stereocenters. The van der Waals surface area contributed by atoms with Gasteiger partial charge in [-0.2, -0.15) is 0 Å². The van der Waals surface area contributed by atoms with Gasteiger partial charge in [-0.1, -0.05) is 11.6 Å². The van der Waals surface area contributed by atoms with Crippen LogP contribution in [0.1, 0.15) is 17.3 Å². The molecule has 1 aliphatic rings. The molecular formula is C12H11ClFNO3. The van der Waals surface area contributed by atoms with Crippen LogP contribution in [-0.2, 0) is 9.53 Å². The molecule has 0 radical (unpaired) electrons. The summed E-state index contributed by atoms with van der Waals surface area (Å²) in [6.45, 7) is 2.66. The number of anilines is 1. The highest BCUT2D eigenvalue weighted by Crippen LogP contribution is 2.36. The maximum Gasteiger partial charge on any atom is 0.299 e. The first kappa shape index (κ1) is 13.0. The molecule has 1 aromatic carbocycles. The molecule has 0 aromatic heterocycles. The van der Waals surface area contributed by atoms with Crippen LogP contribution >= 0.6 is 11.6 Å². The molecule has 1 amide bonds. The number of carbonyl (C=O) groups is 2. The summed E-state index contributed by atoms with van der Waals surface area (Å²) in [7, 11) is 0. The third kappa shape index (κ3) is 2.00. The van der Waals surface area contributed by atoms with E-state index in [2.05, 4.69) is 0 Å². The number of ether oxygens (including phenoxy) is 1. The molecule has 2 rings (SSSR count). The van der Waals surface area contributed by atoms with Crippen molar-refractivity contribution in [2.75, 3.05) is 24.7 Å². The standard InChI is InChI=1S/C12H11ClFNO3/c1-2-18-6-5-15-10-8(14)4-3-7(13)9(10)11(16)12(15)17/h3-4H,2,5-6H2,1H3. The van der Waals surface area contributed by atoms with Gasteiger partial charge in [0.05, 0.1) is 22.9 Å². The maximum absolute atomic E-state index is 13.7. The number of hydrogen-bond acceptors (Lipinski definition) is 3. The summed E-state index contributed by atoms with van der Waals surface area (Å²) >= 11 is 5.83. The zero-order chi connectivity index (χ0) is 13.3. The average Bonchev–Trinajstić information content (AvgIpc) is 2.60. The van der Waals surface area contributed by atoms with Crippen LogP contribution in [0.3, 0.4) is 0 Å². The number of hydrogen-bond donors (Lipinski definition) is 0. The van der Waals surface area contributed by atoms with E-state index < -0.39 is 17.5 Å². The van der Waals surface area contributed by atoms with Crippen molar-refractivity contribution in [3.8, 4) is 0 Å². The highest BCUT2D eigenvalue weighted by Gasteiger charge is 2.39. The second kappa shape index (κ2) is 5.04. The van der Waals surface area contributed by atoms with Gasteiger partial charge >= 0.3 is 0 Å². The lowest BCUT2D eigenvalue weighted by atomic mass is 10.1. The van der Waals surface area contributed by atoms with Gasteiger partial charge in [-0.25, -0.2) is 4.39 Å². The normalized spacial score (nSPS) is 14.3. The van der Waals surface area contributed by atoms with E-state index in [0.717, 1.165) is 11.0 Å². The van der Waals surface area contributed by atoms with Crippen LogP contribution in [0.2, 0.25) is 5.02 Å². The topological polar surface area (TPSA) is 46.6 Å². The lowest BCUT2D eigenvalue weighted by Gasteiger charge is -2.16. The highest BCUT2D eigenvalue weighted by atomic mass is 35.5. The summed E-state index contributed by atoms with van der Waals surface area (Å²) in [5.41, 5.74) is -0.102. The smallest absolute Gasteiger partial charge is 0.299 e. The second-order valence-electron chi connectivity index (χ2n) is 3.74. The van der Waals surface area contributed by atoms with Crippen LogP contribution in [0.5, 0.6) is 0 Å². The van der Waals surface area contributed by atoms with Gasteiger partial charge < -0.3 is 4.74 Å². The largest absolute Gasteiger partial charge is 0.380 e. The van der Waals surface area contributed by atoms with Crippen molar-refractivity contribution in [1.82, 2.24) is 0 Å². The van der Waals surface area contributed by atoms with Crippen molar-refractivity contribution in [1.29, 1.82) is 0 Å².